The fourth-order valence-corrected chi connectivity index (χ4v) is 31.9. The van der Waals surface area contributed by atoms with Crippen molar-refractivity contribution < 1.29 is 21.2 Å². The maximum atomic E-state index is 4.34. The van der Waals surface area contributed by atoms with Crippen LogP contribution < -0.4 is 13.6 Å². The second kappa shape index (κ2) is 17.7. The molecule has 0 amide bonds. The number of nitrogens with one attached hydrogen (secondary N) is 1. The zero-order valence-corrected chi connectivity index (χ0v) is 33.8. The van der Waals surface area contributed by atoms with Crippen molar-refractivity contribution in [1.29, 1.82) is 0 Å². The van der Waals surface area contributed by atoms with Crippen molar-refractivity contribution >= 4 is 34.5 Å². The minimum atomic E-state index is -2.36. The summed E-state index contributed by atoms with van der Waals surface area (Å²) in [5.74, 6) is -1.46. The van der Waals surface area contributed by atoms with E-state index in [9.17, 15) is 0 Å². The molecule has 1 unspecified atom stereocenters. The molecule has 1 aliphatic carbocycles. The molecule has 1 N–H and O–H groups in total. The van der Waals surface area contributed by atoms with Gasteiger partial charge in [0.1, 0.15) is 0 Å². The van der Waals surface area contributed by atoms with Gasteiger partial charge in [-0.1, -0.05) is 85.0 Å². The Kier molecular flexibility index (Phi) is 12.6. The summed E-state index contributed by atoms with van der Waals surface area (Å²) in [6.45, 7) is 9.44. The quantitative estimate of drug-likeness (QED) is 0.114. The number of hydrogen-bond donors (Lipinski definition) is 1. The van der Waals surface area contributed by atoms with Crippen molar-refractivity contribution in [2.24, 2.45) is 0 Å². The SMILES string of the molecule is C(C=Cc1ccccc1)=Cc1ccccc1.CC1=Cc2c(-c3ccccc3)cccc2[CH]1[Zr]([NH]C(C)(C)C)[SiH](c1ccccc1)c1ccccc1. The predicted octanol–water partition coefficient (Wildman–Crippen LogP) is 10.7. The first-order valence-corrected chi connectivity index (χ1v) is 26.6. The zero-order chi connectivity index (χ0) is 35.5. The number of benzene rings is 6. The van der Waals surface area contributed by atoms with Crippen LogP contribution in [-0.4, -0.2) is 11.5 Å². The average Bonchev–Trinajstić information content (AvgIpc) is 3.50. The van der Waals surface area contributed by atoms with Crippen LogP contribution in [0.1, 0.15) is 53.6 Å². The normalized spacial score (nSPS) is 13.9. The molecule has 0 radical (unpaired) electrons. The molecule has 51 heavy (non-hydrogen) atoms. The predicted molar refractivity (Wildman–Crippen MR) is 221 cm³/mol. The van der Waals surface area contributed by atoms with Gasteiger partial charge in [0.15, 0.2) is 0 Å². The van der Waals surface area contributed by atoms with Crippen molar-refractivity contribution in [3.05, 3.63) is 210 Å². The Morgan fingerprint density at radius 2 is 1.00 bits per heavy atom. The number of hydrogen-bond acceptors (Lipinski definition) is 1. The summed E-state index contributed by atoms with van der Waals surface area (Å²) in [6.07, 6.45) is 10.8. The average molecular weight is 758 g/mol. The van der Waals surface area contributed by atoms with E-state index in [1.54, 1.807) is 21.5 Å². The first-order chi connectivity index (χ1) is 24.9. The Morgan fingerprint density at radius 3 is 1.47 bits per heavy atom. The molecule has 0 heterocycles. The van der Waals surface area contributed by atoms with Gasteiger partial charge in [0.2, 0.25) is 0 Å². The van der Waals surface area contributed by atoms with E-state index in [4.69, 9.17) is 0 Å². The Morgan fingerprint density at radius 1 is 0.549 bits per heavy atom. The van der Waals surface area contributed by atoms with Crippen LogP contribution in [0.15, 0.2) is 188 Å². The van der Waals surface area contributed by atoms with Gasteiger partial charge in [-0.25, -0.2) is 0 Å². The monoisotopic (exact) mass is 756 g/mol. The molecule has 3 heteroatoms. The third kappa shape index (κ3) is 9.89. The van der Waals surface area contributed by atoms with E-state index in [0.717, 1.165) is 0 Å². The van der Waals surface area contributed by atoms with E-state index < -0.39 is 27.1 Å². The van der Waals surface area contributed by atoms with Gasteiger partial charge < -0.3 is 0 Å². The van der Waals surface area contributed by atoms with Crippen molar-refractivity contribution in [2.75, 3.05) is 0 Å². The molecule has 253 valence electrons. The molecule has 0 bridgehead atoms. The van der Waals surface area contributed by atoms with E-state index in [-0.39, 0.29) is 5.54 Å². The van der Waals surface area contributed by atoms with Gasteiger partial charge in [-0.2, -0.15) is 0 Å². The van der Waals surface area contributed by atoms with Gasteiger partial charge in [-0.05, 0) is 11.1 Å². The third-order valence-electron chi connectivity index (χ3n) is 9.06. The van der Waals surface area contributed by atoms with E-state index >= 15 is 0 Å². The van der Waals surface area contributed by atoms with Crippen LogP contribution in [0.4, 0.5) is 0 Å². The first-order valence-electron chi connectivity index (χ1n) is 17.9. The Balaban J connectivity index is 0.000000234. The molecular weight excluding hydrogens is 710 g/mol. The van der Waals surface area contributed by atoms with Gasteiger partial charge in [-0.15, -0.1) is 0 Å². The zero-order valence-electron chi connectivity index (χ0n) is 30.2. The van der Waals surface area contributed by atoms with Gasteiger partial charge in [0.25, 0.3) is 0 Å². The number of allylic oxidation sites excluding steroid dienone is 3. The Bertz CT molecular complexity index is 1960. The Labute approximate surface area is 314 Å². The minimum absolute atomic E-state index is 0.0870. The molecule has 6 aromatic rings. The summed E-state index contributed by atoms with van der Waals surface area (Å²) < 4.78 is 4.88. The second-order valence-electron chi connectivity index (χ2n) is 14.1. The van der Waals surface area contributed by atoms with Gasteiger partial charge >= 0.3 is 221 Å². The molecule has 0 aromatic heterocycles. The van der Waals surface area contributed by atoms with Gasteiger partial charge in [-0.3, -0.25) is 0 Å². The summed E-state index contributed by atoms with van der Waals surface area (Å²) in [6, 6.07) is 61.2. The van der Waals surface area contributed by atoms with E-state index in [2.05, 4.69) is 195 Å². The van der Waals surface area contributed by atoms with E-state index in [1.165, 1.54) is 27.8 Å². The van der Waals surface area contributed by atoms with Crippen molar-refractivity contribution in [1.82, 2.24) is 3.26 Å². The summed E-state index contributed by atoms with van der Waals surface area (Å²) in [7, 11) is 0. The molecule has 0 aliphatic heterocycles. The van der Waals surface area contributed by atoms with Crippen LogP contribution in [-0.2, 0) is 21.2 Å². The number of rotatable bonds is 9. The van der Waals surface area contributed by atoms with Crippen LogP contribution in [0, 0.1) is 0 Å². The van der Waals surface area contributed by atoms with E-state index in [0.29, 0.717) is 3.63 Å². The molecule has 0 saturated carbocycles. The van der Waals surface area contributed by atoms with Crippen LogP contribution in [0.3, 0.4) is 0 Å². The molecule has 0 saturated heterocycles. The molecule has 1 atom stereocenters. The summed E-state index contributed by atoms with van der Waals surface area (Å²) >= 11 is -2.36. The molecule has 0 fully saturated rings. The van der Waals surface area contributed by atoms with Crippen LogP contribution in [0.25, 0.3) is 29.4 Å². The number of fused-ring (bicyclic) bond motifs is 1. The summed E-state index contributed by atoms with van der Waals surface area (Å²) in [4.78, 5) is 0. The topological polar surface area (TPSA) is 12.0 Å². The molecule has 1 nitrogen and oxygen atoms in total. The molecular formula is C48H48NSiZr. The first kappa shape index (κ1) is 36.4. The van der Waals surface area contributed by atoms with Crippen LogP contribution >= 0.6 is 0 Å². The van der Waals surface area contributed by atoms with E-state index in [1.807, 2.05) is 36.4 Å². The molecule has 7 rings (SSSR count). The third-order valence-corrected chi connectivity index (χ3v) is 30.1. The second-order valence-corrected chi connectivity index (χ2v) is 28.5. The van der Waals surface area contributed by atoms with Crippen molar-refractivity contribution in [2.45, 2.75) is 36.9 Å². The van der Waals surface area contributed by atoms with Gasteiger partial charge in [0, 0.05) is 0 Å². The molecule has 1 aliphatic rings. The molecule has 0 spiro atoms. The summed E-state index contributed by atoms with van der Waals surface area (Å²) in [5, 5.41) is 3.15. The molecule has 6 aromatic carbocycles. The Hall–Kier alpha value is -4.40. The fraction of sp³-hybridized carbons (Fsp3) is 0.125. The van der Waals surface area contributed by atoms with Crippen LogP contribution in [0.5, 0.6) is 0 Å². The fourth-order valence-electron chi connectivity index (χ4n) is 6.88. The van der Waals surface area contributed by atoms with Crippen molar-refractivity contribution in [3.63, 3.8) is 0 Å². The summed E-state index contributed by atoms with van der Waals surface area (Å²) in [5.41, 5.74) is 9.72. The van der Waals surface area contributed by atoms with Gasteiger partial charge in [0.05, 0.1) is 0 Å². The van der Waals surface area contributed by atoms with Crippen molar-refractivity contribution in [3.8, 4) is 11.1 Å². The van der Waals surface area contributed by atoms with Crippen LogP contribution in [0.2, 0.25) is 0 Å². The standard InChI is InChI=1S/C16H13.C16H14.C12H11Si.C4H10N.Zr/c1-12-10-14-8-5-9-15(16(14)11-12)13-6-3-2-4-7-13;1-3-9-15(10-4-1)13-7-8-14-16-11-5-2-6-12-16;1-3-7-11(8-4-1)13-12-9-5-2-6-10-12;1-4(2,3)5;/h2-11H,1H3;1-14H;1-10,13H;5H,1-3H3;/q;;;-1;+1. The maximum absolute atomic E-state index is 4.34.